The first-order valence-corrected chi connectivity index (χ1v) is 6.48. The Kier molecular flexibility index (Phi) is 3.36. The first-order chi connectivity index (χ1) is 10.1. The molecule has 0 bridgehead atoms. The lowest BCUT2D eigenvalue weighted by atomic mass is 10.1. The van der Waals surface area contributed by atoms with Gasteiger partial charge in [-0.15, -0.1) is 0 Å². The monoisotopic (exact) mass is 281 g/mol. The number of nitrogens with zero attached hydrogens (tertiary/aromatic N) is 1. The molecule has 0 aliphatic rings. The third kappa shape index (κ3) is 2.60. The standard InChI is InChI=1S/C17H12FNO2/c1-11-13-7-3-2-6-12(13)10-15(19-11)17(20)21-16-9-5-4-8-14(16)18/h2-10H,1H3. The van der Waals surface area contributed by atoms with Crippen LogP contribution >= 0.6 is 0 Å². The second kappa shape index (κ2) is 5.32. The number of aromatic nitrogens is 1. The van der Waals surface area contributed by atoms with Gasteiger partial charge in [0.15, 0.2) is 11.6 Å². The summed E-state index contributed by atoms with van der Waals surface area (Å²) in [6, 6.07) is 15.0. The number of para-hydroxylation sites is 1. The average Bonchev–Trinajstić information content (AvgIpc) is 2.49. The summed E-state index contributed by atoms with van der Waals surface area (Å²) < 4.78 is 18.6. The van der Waals surface area contributed by atoms with Crippen LogP contribution in [0.15, 0.2) is 54.6 Å². The largest absolute Gasteiger partial charge is 0.419 e. The van der Waals surface area contributed by atoms with Crippen molar-refractivity contribution in [3.8, 4) is 5.75 Å². The molecule has 3 rings (SSSR count). The van der Waals surface area contributed by atoms with Crippen LogP contribution in [0.1, 0.15) is 16.2 Å². The van der Waals surface area contributed by atoms with Crippen LogP contribution in [0.3, 0.4) is 0 Å². The fourth-order valence-corrected chi connectivity index (χ4v) is 2.16. The normalized spacial score (nSPS) is 10.6. The van der Waals surface area contributed by atoms with E-state index in [1.165, 1.54) is 18.2 Å². The molecule has 0 spiro atoms. The van der Waals surface area contributed by atoms with Crippen molar-refractivity contribution in [3.05, 3.63) is 71.8 Å². The Morgan fingerprint density at radius 3 is 2.62 bits per heavy atom. The minimum absolute atomic E-state index is 0.102. The van der Waals surface area contributed by atoms with E-state index in [0.717, 1.165) is 16.5 Å². The van der Waals surface area contributed by atoms with Gasteiger partial charge in [0.1, 0.15) is 5.69 Å². The van der Waals surface area contributed by atoms with Crippen LogP contribution in [0.4, 0.5) is 4.39 Å². The number of hydrogen-bond acceptors (Lipinski definition) is 3. The van der Waals surface area contributed by atoms with E-state index in [0.29, 0.717) is 0 Å². The Morgan fingerprint density at radius 2 is 1.81 bits per heavy atom. The van der Waals surface area contributed by atoms with Crippen molar-refractivity contribution in [2.45, 2.75) is 6.92 Å². The van der Waals surface area contributed by atoms with Crippen molar-refractivity contribution in [2.75, 3.05) is 0 Å². The lowest BCUT2D eigenvalue weighted by molar-refractivity contribution is 0.0721. The van der Waals surface area contributed by atoms with Crippen molar-refractivity contribution in [3.63, 3.8) is 0 Å². The van der Waals surface area contributed by atoms with Gasteiger partial charge in [0.05, 0.1) is 0 Å². The van der Waals surface area contributed by atoms with Gasteiger partial charge in [-0.05, 0) is 30.5 Å². The summed E-state index contributed by atoms with van der Waals surface area (Å²) in [6.45, 7) is 1.82. The molecule has 4 heteroatoms. The number of benzene rings is 2. The van der Waals surface area contributed by atoms with Gasteiger partial charge < -0.3 is 4.74 Å². The highest BCUT2D eigenvalue weighted by molar-refractivity contribution is 5.95. The molecule has 1 heterocycles. The molecular weight excluding hydrogens is 269 g/mol. The maximum atomic E-state index is 13.5. The molecule has 0 atom stereocenters. The minimum atomic E-state index is -0.672. The molecular formula is C17H12FNO2. The van der Waals surface area contributed by atoms with Crippen molar-refractivity contribution < 1.29 is 13.9 Å². The highest BCUT2D eigenvalue weighted by Crippen LogP contribution is 2.20. The summed E-state index contributed by atoms with van der Waals surface area (Å²) in [5.74, 6) is -1.35. The summed E-state index contributed by atoms with van der Waals surface area (Å²) in [7, 11) is 0. The lowest BCUT2D eigenvalue weighted by Crippen LogP contribution is -2.12. The maximum Gasteiger partial charge on any atom is 0.362 e. The van der Waals surface area contributed by atoms with Crippen LogP contribution in [0.25, 0.3) is 10.8 Å². The van der Waals surface area contributed by atoms with E-state index in [1.54, 1.807) is 12.1 Å². The predicted molar refractivity (Wildman–Crippen MR) is 77.8 cm³/mol. The van der Waals surface area contributed by atoms with Crippen molar-refractivity contribution >= 4 is 16.7 Å². The smallest absolute Gasteiger partial charge is 0.362 e. The van der Waals surface area contributed by atoms with Gasteiger partial charge in [0.2, 0.25) is 0 Å². The van der Waals surface area contributed by atoms with E-state index in [-0.39, 0.29) is 11.4 Å². The first kappa shape index (κ1) is 13.2. The fraction of sp³-hybridized carbons (Fsp3) is 0.0588. The highest BCUT2D eigenvalue weighted by Gasteiger charge is 2.14. The van der Waals surface area contributed by atoms with Crippen molar-refractivity contribution in [1.29, 1.82) is 0 Å². The van der Waals surface area contributed by atoms with Gasteiger partial charge in [0, 0.05) is 11.1 Å². The van der Waals surface area contributed by atoms with E-state index >= 15 is 0 Å². The van der Waals surface area contributed by atoms with E-state index in [1.807, 2.05) is 31.2 Å². The lowest BCUT2D eigenvalue weighted by Gasteiger charge is -2.07. The number of aryl methyl sites for hydroxylation is 1. The number of halogens is 1. The topological polar surface area (TPSA) is 39.2 Å². The van der Waals surface area contributed by atoms with E-state index < -0.39 is 11.8 Å². The second-order valence-electron chi connectivity index (χ2n) is 4.63. The van der Waals surface area contributed by atoms with Gasteiger partial charge in [0.25, 0.3) is 0 Å². The molecule has 0 aliphatic carbocycles. The summed E-state index contributed by atoms with van der Waals surface area (Å²) in [5.41, 5.74) is 0.892. The predicted octanol–water partition coefficient (Wildman–Crippen LogP) is 3.90. The highest BCUT2D eigenvalue weighted by atomic mass is 19.1. The van der Waals surface area contributed by atoms with Gasteiger partial charge in [-0.25, -0.2) is 14.2 Å². The summed E-state index contributed by atoms with van der Waals surface area (Å²) in [5, 5.41) is 1.87. The van der Waals surface area contributed by atoms with Gasteiger partial charge >= 0.3 is 5.97 Å². The number of carbonyl (C=O) groups excluding carboxylic acids is 1. The number of hydrogen-bond donors (Lipinski definition) is 0. The molecule has 0 fully saturated rings. The number of esters is 1. The molecule has 0 saturated heterocycles. The van der Waals surface area contributed by atoms with Gasteiger partial charge in [-0.1, -0.05) is 36.4 Å². The maximum absolute atomic E-state index is 13.5. The van der Waals surface area contributed by atoms with E-state index in [9.17, 15) is 9.18 Å². The molecule has 0 saturated carbocycles. The van der Waals surface area contributed by atoms with Crippen LogP contribution < -0.4 is 4.74 Å². The first-order valence-electron chi connectivity index (χ1n) is 6.48. The fourth-order valence-electron chi connectivity index (χ4n) is 2.16. The zero-order valence-electron chi connectivity index (χ0n) is 11.3. The van der Waals surface area contributed by atoms with E-state index in [2.05, 4.69) is 4.98 Å². The molecule has 0 radical (unpaired) electrons. The molecule has 0 amide bonds. The zero-order chi connectivity index (χ0) is 14.8. The molecule has 2 aromatic carbocycles. The SMILES string of the molecule is Cc1nc(C(=O)Oc2ccccc2F)cc2ccccc12. The number of ether oxygens (including phenoxy) is 1. The summed E-state index contributed by atoms with van der Waals surface area (Å²) in [4.78, 5) is 16.3. The summed E-state index contributed by atoms with van der Waals surface area (Å²) >= 11 is 0. The third-order valence-electron chi connectivity index (χ3n) is 3.18. The molecule has 21 heavy (non-hydrogen) atoms. The quantitative estimate of drug-likeness (QED) is 0.528. The van der Waals surface area contributed by atoms with Gasteiger partial charge in [-0.2, -0.15) is 0 Å². The molecule has 104 valence electrons. The number of fused-ring (bicyclic) bond motifs is 1. The zero-order valence-corrected chi connectivity index (χ0v) is 11.3. The Labute approximate surface area is 121 Å². The van der Waals surface area contributed by atoms with Gasteiger partial charge in [-0.3, -0.25) is 0 Å². The Hall–Kier alpha value is -2.75. The van der Waals surface area contributed by atoms with Crippen LogP contribution in [0.2, 0.25) is 0 Å². The van der Waals surface area contributed by atoms with Crippen LogP contribution in [0.5, 0.6) is 5.75 Å². The Morgan fingerprint density at radius 1 is 1.10 bits per heavy atom. The minimum Gasteiger partial charge on any atom is -0.419 e. The molecule has 1 aromatic heterocycles. The van der Waals surface area contributed by atoms with Crippen LogP contribution in [-0.2, 0) is 0 Å². The number of rotatable bonds is 2. The molecule has 0 N–H and O–H groups in total. The van der Waals surface area contributed by atoms with Crippen molar-refractivity contribution in [1.82, 2.24) is 4.98 Å². The molecule has 0 aliphatic heterocycles. The Bertz CT molecular complexity index is 830. The Balaban J connectivity index is 1.97. The summed E-state index contributed by atoms with van der Waals surface area (Å²) in [6.07, 6.45) is 0. The molecule has 0 unspecified atom stereocenters. The van der Waals surface area contributed by atoms with E-state index in [4.69, 9.17) is 4.74 Å². The molecule has 3 nitrogen and oxygen atoms in total. The van der Waals surface area contributed by atoms with Crippen LogP contribution in [0, 0.1) is 12.7 Å². The molecule has 3 aromatic rings. The number of pyridine rings is 1. The number of carbonyl (C=O) groups is 1. The average molecular weight is 281 g/mol. The third-order valence-corrected chi connectivity index (χ3v) is 3.18. The van der Waals surface area contributed by atoms with Crippen molar-refractivity contribution in [2.24, 2.45) is 0 Å². The second-order valence-corrected chi connectivity index (χ2v) is 4.63. The van der Waals surface area contributed by atoms with Crippen LogP contribution in [-0.4, -0.2) is 11.0 Å².